The first kappa shape index (κ1) is 41.4. The molecule has 2 aliphatic heterocycles. The van der Waals surface area contributed by atoms with E-state index in [1.807, 2.05) is 32.0 Å². The van der Waals surface area contributed by atoms with E-state index in [0.717, 1.165) is 5.56 Å². The highest BCUT2D eigenvalue weighted by Crippen LogP contribution is 2.24. The van der Waals surface area contributed by atoms with Crippen molar-refractivity contribution in [1.82, 2.24) is 30.7 Å². The van der Waals surface area contributed by atoms with Crippen molar-refractivity contribution in [2.75, 3.05) is 13.7 Å². The number of ether oxygens (including phenoxy) is 2. The zero-order chi connectivity index (χ0) is 40.5. The first-order valence-corrected chi connectivity index (χ1v) is 19.1. The quantitative estimate of drug-likeness (QED) is 0.211. The van der Waals surface area contributed by atoms with Crippen LogP contribution in [0.1, 0.15) is 64.5 Å². The van der Waals surface area contributed by atoms with Crippen LogP contribution < -0.4 is 21.3 Å². The molecule has 15 heteroatoms. The minimum Gasteiger partial charge on any atom is -0.468 e. The fraction of sp³-hybridized carbons (Fsp3) is 0.488. The molecule has 2 fully saturated rings. The standard InChI is InChI=1S/C41H52N6O9/c1-24(2)18-29-37(50)42-30(19-27-21-46(22-35(49)55-5)32-15-10-9-14-28(27)32)38(51)44-31(20-34(48)56-23-26-12-7-6-8-13-26)41(54)47-17-11-16-33(47)39(52)45-36(25(3)4)40(53)43-29/h6-10,12-15,21,24-25,29-31,33,36H,11,16-20,22-23H2,1-5H3,(H,42,50)(H,43,53)(H,44,51)(H,45,52)/t29-,30+,31+,33-,36+/m0/s1. The smallest absolute Gasteiger partial charge is 0.325 e. The summed E-state index contributed by atoms with van der Waals surface area (Å²) in [6, 6.07) is 10.4. The molecule has 300 valence electrons. The average Bonchev–Trinajstić information content (AvgIpc) is 3.80. The van der Waals surface area contributed by atoms with Crippen LogP contribution in [0.25, 0.3) is 10.9 Å². The summed E-state index contributed by atoms with van der Waals surface area (Å²) in [5, 5.41) is 11.9. The zero-order valence-electron chi connectivity index (χ0n) is 32.5. The summed E-state index contributed by atoms with van der Waals surface area (Å²) in [6.45, 7) is 7.31. The molecule has 0 aliphatic carbocycles. The molecular weight excluding hydrogens is 720 g/mol. The minimum atomic E-state index is -1.46. The Bertz CT molecular complexity index is 1930. The molecule has 56 heavy (non-hydrogen) atoms. The van der Waals surface area contributed by atoms with Crippen molar-refractivity contribution in [1.29, 1.82) is 0 Å². The Kier molecular flexibility index (Phi) is 13.9. The molecule has 0 bridgehead atoms. The summed E-state index contributed by atoms with van der Waals surface area (Å²) in [4.78, 5) is 97.6. The molecule has 3 heterocycles. The number of rotatable bonds is 11. The lowest BCUT2D eigenvalue weighted by molar-refractivity contribution is -0.150. The number of fused-ring (bicyclic) bond motifs is 2. The molecule has 2 aromatic carbocycles. The van der Waals surface area contributed by atoms with Gasteiger partial charge in [-0.2, -0.15) is 0 Å². The van der Waals surface area contributed by atoms with Crippen LogP contribution >= 0.6 is 0 Å². The maximum Gasteiger partial charge on any atom is 0.325 e. The Hall–Kier alpha value is -5.73. The van der Waals surface area contributed by atoms with Crippen molar-refractivity contribution in [2.24, 2.45) is 11.8 Å². The van der Waals surface area contributed by atoms with Gasteiger partial charge in [0, 0.05) is 30.1 Å². The molecule has 0 saturated carbocycles. The third-order valence-electron chi connectivity index (χ3n) is 10.1. The predicted molar refractivity (Wildman–Crippen MR) is 205 cm³/mol. The number of nitrogens with one attached hydrogen (secondary N) is 4. The second kappa shape index (κ2) is 18.7. The van der Waals surface area contributed by atoms with E-state index in [9.17, 15) is 33.6 Å². The summed E-state index contributed by atoms with van der Waals surface area (Å²) in [6.07, 6.45) is 2.06. The van der Waals surface area contributed by atoms with Crippen LogP contribution in [-0.2, 0) is 62.6 Å². The van der Waals surface area contributed by atoms with E-state index in [-0.39, 0.29) is 44.4 Å². The first-order chi connectivity index (χ1) is 26.7. The van der Waals surface area contributed by atoms with Crippen LogP contribution in [0, 0.1) is 11.8 Å². The van der Waals surface area contributed by atoms with Crippen molar-refractivity contribution in [3.8, 4) is 0 Å². The third kappa shape index (κ3) is 10.3. The molecule has 2 saturated heterocycles. The van der Waals surface area contributed by atoms with Crippen LogP contribution in [0.4, 0.5) is 0 Å². The molecule has 5 amide bonds. The van der Waals surface area contributed by atoms with E-state index in [2.05, 4.69) is 21.3 Å². The number of hydrogen-bond donors (Lipinski definition) is 4. The van der Waals surface area contributed by atoms with E-state index >= 15 is 0 Å². The number of hydrogen-bond acceptors (Lipinski definition) is 9. The summed E-state index contributed by atoms with van der Waals surface area (Å²) in [7, 11) is 1.28. The van der Waals surface area contributed by atoms with Crippen molar-refractivity contribution in [3.63, 3.8) is 0 Å². The number of carbonyl (C=O) groups is 7. The van der Waals surface area contributed by atoms with Gasteiger partial charge in [0.25, 0.3) is 0 Å². The fourth-order valence-corrected chi connectivity index (χ4v) is 7.21. The van der Waals surface area contributed by atoms with Gasteiger partial charge < -0.3 is 40.2 Å². The monoisotopic (exact) mass is 772 g/mol. The molecule has 5 rings (SSSR count). The van der Waals surface area contributed by atoms with Gasteiger partial charge in [-0.15, -0.1) is 0 Å². The second-order valence-electron chi connectivity index (χ2n) is 15.2. The van der Waals surface area contributed by atoms with E-state index in [4.69, 9.17) is 9.47 Å². The summed E-state index contributed by atoms with van der Waals surface area (Å²) in [5.41, 5.74) is 2.02. The van der Waals surface area contributed by atoms with E-state index in [1.54, 1.807) is 61.0 Å². The Balaban J connectivity index is 1.55. The Morgan fingerprint density at radius 2 is 1.45 bits per heavy atom. The molecule has 0 spiro atoms. The van der Waals surface area contributed by atoms with E-state index in [0.29, 0.717) is 29.3 Å². The minimum absolute atomic E-state index is 0.0558. The zero-order valence-corrected chi connectivity index (χ0v) is 32.5. The van der Waals surface area contributed by atoms with Crippen LogP contribution in [0.15, 0.2) is 60.8 Å². The number of amides is 5. The van der Waals surface area contributed by atoms with E-state index in [1.165, 1.54) is 12.0 Å². The Morgan fingerprint density at radius 1 is 0.786 bits per heavy atom. The molecule has 0 unspecified atom stereocenters. The largest absolute Gasteiger partial charge is 0.468 e. The van der Waals surface area contributed by atoms with Gasteiger partial charge in [-0.25, -0.2) is 0 Å². The normalized spacial score (nSPS) is 22.4. The number of methoxy groups -OCH3 is 1. The van der Waals surface area contributed by atoms with Gasteiger partial charge in [0.1, 0.15) is 43.4 Å². The number of para-hydroxylation sites is 1. The van der Waals surface area contributed by atoms with Crippen molar-refractivity contribution in [3.05, 3.63) is 71.9 Å². The van der Waals surface area contributed by atoms with Crippen molar-refractivity contribution < 1.29 is 43.0 Å². The van der Waals surface area contributed by atoms with Gasteiger partial charge >= 0.3 is 11.9 Å². The van der Waals surface area contributed by atoms with Crippen molar-refractivity contribution >= 4 is 52.4 Å². The number of nitrogens with zero attached hydrogens (tertiary/aromatic N) is 2. The van der Waals surface area contributed by atoms with Crippen LogP contribution in [0.2, 0.25) is 0 Å². The molecular formula is C41H52N6O9. The molecule has 3 aromatic rings. The van der Waals surface area contributed by atoms with Crippen LogP contribution in [0.3, 0.4) is 0 Å². The number of esters is 2. The second-order valence-corrected chi connectivity index (χ2v) is 15.2. The van der Waals surface area contributed by atoms with Gasteiger partial charge in [-0.1, -0.05) is 76.2 Å². The lowest BCUT2D eigenvalue weighted by atomic mass is 9.98. The molecule has 4 N–H and O–H groups in total. The highest BCUT2D eigenvalue weighted by Gasteiger charge is 2.42. The van der Waals surface area contributed by atoms with Gasteiger partial charge in [-0.3, -0.25) is 33.6 Å². The molecule has 0 radical (unpaired) electrons. The first-order valence-electron chi connectivity index (χ1n) is 19.1. The Labute approximate surface area is 326 Å². The van der Waals surface area contributed by atoms with Gasteiger partial charge in [0.15, 0.2) is 0 Å². The van der Waals surface area contributed by atoms with Crippen LogP contribution in [0.5, 0.6) is 0 Å². The van der Waals surface area contributed by atoms with Crippen molar-refractivity contribution in [2.45, 2.75) is 103 Å². The van der Waals surface area contributed by atoms with Gasteiger partial charge in [0.05, 0.1) is 13.5 Å². The molecule has 2 aliphatic rings. The number of aromatic nitrogens is 1. The molecule has 5 atom stereocenters. The maximum absolute atomic E-state index is 14.5. The molecule has 15 nitrogen and oxygen atoms in total. The summed E-state index contributed by atoms with van der Waals surface area (Å²) in [5.74, 6) is -4.92. The van der Waals surface area contributed by atoms with Crippen LogP contribution in [-0.4, -0.2) is 94.8 Å². The molecule has 1 aromatic heterocycles. The Morgan fingerprint density at radius 3 is 2.14 bits per heavy atom. The lowest BCUT2D eigenvalue weighted by Crippen LogP contribution is -2.59. The lowest BCUT2D eigenvalue weighted by Gasteiger charge is -2.30. The fourth-order valence-electron chi connectivity index (χ4n) is 7.21. The summed E-state index contributed by atoms with van der Waals surface area (Å²) < 4.78 is 12.1. The SMILES string of the molecule is COC(=O)Cn1cc(C[C@H]2NC(=O)[C@H](CC(C)C)NC(=O)[C@@H](C(C)C)NC(=O)[C@@H]3CCCN3C(=O)[C@@H](CC(=O)OCc3ccccc3)NC2=O)c2ccccc21. The number of benzene rings is 2. The number of carbonyl (C=O) groups excluding carboxylic acids is 7. The van der Waals surface area contributed by atoms with E-state index < -0.39 is 78.1 Å². The maximum atomic E-state index is 14.5. The van der Waals surface area contributed by atoms with Gasteiger partial charge in [0.2, 0.25) is 29.5 Å². The van der Waals surface area contributed by atoms with Gasteiger partial charge in [-0.05, 0) is 48.3 Å². The average molecular weight is 773 g/mol. The highest BCUT2D eigenvalue weighted by molar-refractivity contribution is 5.99. The predicted octanol–water partition coefficient (Wildman–Crippen LogP) is 2.14. The third-order valence-corrected chi connectivity index (χ3v) is 10.1. The summed E-state index contributed by atoms with van der Waals surface area (Å²) >= 11 is 0. The highest BCUT2D eigenvalue weighted by atomic mass is 16.5. The topological polar surface area (TPSA) is 194 Å².